The summed E-state index contributed by atoms with van der Waals surface area (Å²) in [7, 11) is 9.69. The fourth-order valence-corrected chi connectivity index (χ4v) is 4.57. The molecule has 0 aliphatic heterocycles. The number of hydrogen-bond acceptors (Lipinski definition) is 1. The average molecular weight is 418 g/mol. The zero-order valence-electron chi connectivity index (χ0n) is 11.2. The third kappa shape index (κ3) is 9.09. The predicted octanol–water partition coefficient (Wildman–Crippen LogP) is 6.48. The van der Waals surface area contributed by atoms with Crippen LogP contribution in [0.4, 0.5) is 0 Å². The molecule has 0 nitrogen and oxygen atoms in total. The first kappa shape index (κ1) is 19.1. The first-order valence-electron chi connectivity index (χ1n) is 5.81. The van der Waals surface area contributed by atoms with Crippen molar-refractivity contribution in [3.63, 3.8) is 0 Å². The van der Waals surface area contributed by atoms with Gasteiger partial charge in [0.25, 0.3) is 0 Å². The maximum atomic E-state index is 4.81. The van der Waals surface area contributed by atoms with Gasteiger partial charge in [-0.25, -0.2) is 0 Å². The van der Waals surface area contributed by atoms with Crippen LogP contribution in [0.25, 0.3) is 0 Å². The molecule has 1 heterocycles. The molecule has 0 aromatic carbocycles. The predicted molar refractivity (Wildman–Crippen MR) is 86.1 cm³/mol. The Morgan fingerprint density at radius 1 is 1.28 bits per heavy atom. The van der Waals surface area contributed by atoms with Crippen molar-refractivity contribution in [2.75, 3.05) is 0 Å². The van der Waals surface area contributed by atoms with Crippen LogP contribution in [0.15, 0.2) is 29.4 Å². The summed E-state index contributed by atoms with van der Waals surface area (Å²) < 4.78 is 0. The zero-order valence-corrected chi connectivity index (χ0v) is 16.0. The van der Waals surface area contributed by atoms with Crippen molar-refractivity contribution < 1.29 is 15.9 Å². The molecular formula is C13H21Cl2PPdS. The molecule has 0 spiro atoms. The van der Waals surface area contributed by atoms with Crippen LogP contribution < -0.4 is 0 Å². The molecular weight excluding hydrogens is 397 g/mol. The maximum absolute atomic E-state index is 4.81. The van der Waals surface area contributed by atoms with Crippen LogP contribution in [-0.2, 0) is 22.4 Å². The second-order valence-corrected chi connectivity index (χ2v) is 11.0. The Morgan fingerprint density at radius 3 is 2.22 bits per heavy atom. The van der Waals surface area contributed by atoms with E-state index in [-0.39, 0.29) is 23.9 Å². The second-order valence-electron chi connectivity index (χ2n) is 4.35. The number of rotatable bonds is 5. The van der Waals surface area contributed by atoms with Gasteiger partial charge in [0.2, 0.25) is 0 Å². The van der Waals surface area contributed by atoms with Crippen molar-refractivity contribution in [2.24, 2.45) is 0 Å². The van der Waals surface area contributed by atoms with E-state index in [1.807, 2.05) is 11.3 Å². The molecule has 18 heavy (non-hydrogen) atoms. The summed E-state index contributed by atoms with van der Waals surface area (Å²) in [5, 5.41) is 2.15. The topological polar surface area (TPSA) is 0 Å². The Balaban J connectivity index is 0.000000873. The molecule has 0 aliphatic carbocycles. The standard InChI is InChI=1S/C13H21PS.2ClH.Pd/c1-11(2)14(12(3)4)9-5-7-13-8-6-10-15-13;;;/h5-6,8-12H,7H2,1-4H3;2*1H;/q;;;+2/p-2. The van der Waals surface area contributed by atoms with Gasteiger partial charge in [0.05, 0.1) is 0 Å². The molecule has 0 amide bonds. The first-order valence-corrected chi connectivity index (χ1v) is 12.2. The van der Waals surface area contributed by atoms with Gasteiger partial charge in [-0.2, -0.15) is 0 Å². The van der Waals surface area contributed by atoms with E-state index in [0.717, 1.165) is 17.7 Å². The second kappa shape index (κ2) is 11.9. The van der Waals surface area contributed by atoms with Crippen LogP contribution in [0.3, 0.4) is 0 Å². The molecule has 0 saturated carbocycles. The van der Waals surface area contributed by atoms with E-state index in [0.29, 0.717) is 0 Å². The molecule has 5 heteroatoms. The number of halogens is 2. The van der Waals surface area contributed by atoms with Crippen LogP contribution in [0.2, 0.25) is 0 Å². The van der Waals surface area contributed by atoms with Crippen LogP contribution in [0.5, 0.6) is 0 Å². The SMILES string of the molecule is CC(C)P(C=CCc1cccs1)C(C)C.[Cl][Pd][Cl]. The van der Waals surface area contributed by atoms with Crippen LogP contribution in [-0.4, -0.2) is 11.3 Å². The van der Waals surface area contributed by atoms with Crippen molar-refractivity contribution in [2.45, 2.75) is 45.4 Å². The van der Waals surface area contributed by atoms with E-state index in [9.17, 15) is 0 Å². The van der Waals surface area contributed by atoms with Gasteiger partial charge in [-0.1, -0.05) is 53.6 Å². The Kier molecular flexibility index (Phi) is 12.6. The molecule has 0 fully saturated rings. The molecule has 1 aromatic heterocycles. The Bertz CT molecular complexity index is 305. The molecule has 1 aromatic rings. The summed E-state index contributed by atoms with van der Waals surface area (Å²) in [4.78, 5) is 1.47. The fraction of sp³-hybridized carbons (Fsp3) is 0.538. The Hall–Kier alpha value is 1.11. The number of thiophene rings is 1. The Labute approximate surface area is 133 Å². The Morgan fingerprint density at radius 2 is 1.83 bits per heavy atom. The van der Waals surface area contributed by atoms with Crippen LogP contribution in [0, 0.1) is 0 Å². The summed E-state index contributed by atoms with van der Waals surface area (Å²) >= 11 is 1.74. The van der Waals surface area contributed by atoms with Crippen molar-refractivity contribution in [1.29, 1.82) is 0 Å². The minimum atomic E-state index is -0.106. The molecule has 0 saturated heterocycles. The number of hydrogen-bond donors (Lipinski definition) is 0. The van der Waals surface area contributed by atoms with Gasteiger partial charge in [0.1, 0.15) is 0 Å². The molecule has 0 N–H and O–H groups in total. The van der Waals surface area contributed by atoms with Crippen molar-refractivity contribution >= 4 is 38.3 Å². The van der Waals surface area contributed by atoms with Crippen molar-refractivity contribution in [3.8, 4) is 0 Å². The average Bonchev–Trinajstić information content (AvgIpc) is 2.77. The summed E-state index contributed by atoms with van der Waals surface area (Å²) in [6, 6.07) is 4.34. The normalized spacial score (nSPS) is 11.6. The van der Waals surface area contributed by atoms with E-state index < -0.39 is 0 Å². The van der Waals surface area contributed by atoms with Gasteiger partial charge in [0.15, 0.2) is 0 Å². The van der Waals surface area contributed by atoms with E-state index in [1.165, 1.54) is 4.88 Å². The van der Waals surface area contributed by atoms with E-state index in [4.69, 9.17) is 19.1 Å². The van der Waals surface area contributed by atoms with E-state index in [2.05, 4.69) is 57.1 Å². The van der Waals surface area contributed by atoms with Crippen molar-refractivity contribution in [3.05, 3.63) is 34.3 Å². The monoisotopic (exact) mass is 416 g/mol. The fourth-order valence-electron chi connectivity index (χ4n) is 1.66. The molecule has 0 atom stereocenters. The van der Waals surface area contributed by atoms with Gasteiger partial charge in [-0.15, -0.1) is 11.3 Å². The van der Waals surface area contributed by atoms with Gasteiger partial charge in [-0.3, -0.25) is 0 Å². The molecule has 1 rings (SSSR count). The van der Waals surface area contributed by atoms with Gasteiger partial charge in [0, 0.05) is 11.3 Å². The molecule has 0 unspecified atom stereocenters. The summed E-state index contributed by atoms with van der Waals surface area (Å²) in [5.41, 5.74) is 1.61. The number of allylic oxidation sites excluding steroid dienone is 1. The first-order chi connectivity index (χ1) is 8.52. The zero-order chi connectivity index (χ0) is 14.0. The molecule has 108 valence electrons. The summed E-state index contributed by atoms with van der Waals surface area (Å²) in [6.07, 6.45) is 3.47. The molecule has 0 radical (unpaired) electrons. The van der Waals surface area contributed by atoms with Gasteiger partial charge >= 0.3 is 35.0 Å². The van der Waals surface area contributed by atoms with Crippen molar-refractivity contribution in [1.82, 2.24) is 0 Å². The van der Waals surface area contributed by atoms with Crippen LogP contribution in [0.1, 0.15) is 32.6 Å². The van der Waals surface area contributed by atoms with Gasteiger partial charge in [-0.05, 0) is 22.8 Å². The summed E-state index contributed by atoms with van der Waals surface area (Å²) in [6.45, 7) is 9.34. The molecule has 0 aliphatic rings. The van der Waals surface area contributed by atoms with Crippen LogP contribution >= 0.6 is 38.3 Å². The molecule has 0 bridgehead atoms. The quantitative estimate of drug-likeness (QED) is 0.380. The minimum absolute atomic E-state index is 0.0636. The summed E-state index contributed by atoms with van der Waals surface area (Å²) in [5.74, 6) is 2.46. The third-order valence-electron chi connectivity index (χ3n) is 2.37. The van der Waals surface area contributed by atoms with E-state index >= 15 is 0 Å². The van der Waals surface area contributed by atoms with E-state index in [1.54, 1.807) is 0 Å². The third-order valence-corrected chi connectivity index (χ3v) is 6.21. The van der Waals surface area contributed by atoms with Gasteiger partial charge < -0.3 is 0 Å².